The number of hydrogen-bond donors (Lipinski definition) is 1. The number of benzene rings is 2. The Morgan fingerprint density at radius 2 is 1.33 bits per heavy atom. The summed E-state index contributed by atoms with van der Waals surface area (Å²) >= 11 is 0. The van der Waals surface area contributed by atoms with E-state index in [1.54, 1.807) is 0 Å². The average molecular weight is 328 g/mol. The Balaban J connectivity index is 1.65. The van der Waals surface area contributed by atoms with Crippen LogP contribution in [0, 0.1) is 0 Å². The fourth-order valence-corrected chi connectivity index (χ4v) is 2.07. The van der Waals surface area contributed by atoms with Crippen LogP contribution < -0.4 is 5.73 Å². The van der Waals surface area contributed by atoms with E-state index in [1.165, 1.54) is 0 Å². The first kappa shape index (κ1) is 17.7. The SMILES string of the molecule is [NH3+][C@H](CCC(=O)OCc1ccccc1)C(=O)OCc1ccccc1. The molecular formula is C19H22NO4+. The van der Waals surface area contributed by atoms with E-state index in [0.717, 1.165) is 11.1 Å². The molecule has 1 atom stereocenters. The Kier molecular flexibility index (Phi) is 6.98. The summed E-state index contributed by atoms with van der Waals surface area (Å²) in [4.78, 5) is 23.6. The van der Waals surface area contributed by atoms with Crippen molar-refractivity contribution in [1.29, 1.82) is 0 Å². The lowest BCUT2D eigenvalue weighted by atomic mass is 10.1. The minimum atomic E-state index is -0.585. The molecule has 5 nitrogen and oxygen atoms in total. The Morgan fingerprint density at radius 1 is 0.833 bits per heavy atom. The van der Waals surface area contributed by atoms with Crippen LogP contribution in [-0.4, -0.2) is 18.0 Å². The second-order valence-corrected chi connectivity index (χ2v) is 5.48. The van der Waals surface area contributed by atoms with Gasteiger partial charge in [0.25, 0.3) is 0 Å². The number of esters is 2. The maximum Gasteiger partial charge on any atom is 0.365 e. The summed E-state index contributed by atoms with van der Waals surface area (Å²) in [5.41, 5.74) is 5.61. The lowest BCUT2D eigenvalue weighted by Crippen LogP contribution is -2.65. The first-order chi connectivity index (χ1) is 11.6. The van der Waals surface area contributed by atoms with E-state index < -0.39 is 12.0 Å². The second kappa shape index (κ2) is 9.47. The van der Waals surface area contributed by atoms with Gasteiger partial charge in [-0.3, -0.25) is 4.79 Å². The highest BCUT2D eigenvalue weighted by atomic mass is 16.5. The lowest BCUT2D eigenvalue weighted by molar-refractivity contribution is -0.409. The number of ether oxygens (including phenoxy) is 2. The Hall–Kier alpha value is -2.66. The summed E-state index contributed by atoms with van der Waals surface area (Å²) in [6.45, 7) is 0.448. The molecule has 0 aromatic heterocycles. The molecule has 0 unspecified atom stereocenters. The summed E-state index contributed by atoms with van der Waals surface area (Å²) in [5.74, 6) is -0.752. The Labute approximate surface area is 141 Å². The van der Waals surface area contributed by atoms with Crippen LogP contribution in [0.4, 0.5) is 0 Å². The van der Waals surface area contributed by atoms with Crippen LogP contribution in [0.2, 0.25) is 0 Å². The van der Waals surface area contributed by atoms with Gasteiger partial charge in [-0.25, -0.2) is 4.79 Å². The van der Waals surface area contributed by atoms with Crippen molar-refractivity contribution < 1.29 is 24.8 Å². The lowest BCUT2D eigenvalue weighted by Gasteiger charge is -2.09. The van der Waals surface area contributed by atoms with Gasteiger partial charge in [0, 0.05) is 6.42 Å². The predicted molar refractivity (Wildman–Crippen MR) is 88.4 cm³/mol. The number of quaternary nitrogens is 1. The molecule has 0 fully saturated rings. The molecule has 2 aromatic rings. The van der Waals surface area contributed by atoms with Crippen molar-refractivity contribution >= 4 is 11.9 Å². The maximum absolute atomic E-state index is 11.9. The number of carbonyl (C=O) groups excluding carboxylic acids is 2. The normalized spacial score (nSPS) is 11.5. The van der Waals surface area contributed by atoms with Crippen molar-refractivity contribution in [3.63, 3.8) is 0 Å². The van der Waals surface area contributed by atoms with Crippen molar-refractivity contribution in [3.05, 3.63) is 71.8 Å². The molecule has 0 amide bonds. The number of carbonyl (C=O) groups is 2. The molecule has 126 valence electrons. The summed E-state index contributed by atoms with van der Waals surface area (Å²) < 4.78 is 10.4. The third kappa shape index (κ3) is 6.22. The van der Waals surface area contributed by atoms with E-state index in [9.17, 15) is 9.59 Å². The second-order valence-electron chi connectivity index (χ2n) is 5.48. The van der Waals surface area contributed by atoms with Crippen LogP contribution >= 0.6 is 0 Å². The van der Waals surface area contributed by atoms with Crippen LogP contribution in [0.25, 0.3) is 0 Å². The first-order valence-electron chi connectivity index (χ1n) is 7.88. The quantitative estimate of drug-likeness (QED) is 0.750. The molecule has 0 saturated carbocycles. The first-order valence-corrected chi connectivity index (χ1v) is 7.88. The number of hydrogen-bond acceptors (Lipinski definition) is 4. The molecule has 0 aliphatic rings. The molecule has 0 bridgehead atoms. The molecule has 2 aromatic carbocycles. The predicted octanol–water partition coefficient (Wildman–Crippen LogP) is 1.86. The van der Waals surface area contributed by atoms with Gasteiger partial charge in [-0.1, -0.05) is 60.7 Å². The van der Waals surface area contributed by atoms with Gasteiger partial charge in [0.2, 0.25) is 0 Å². The molecule has 0 heterocycles. The molecule has 24 heavy (non-hydrogen) atoms. The molecule has 0 aliphatic heterocycles. The molecule has 0 saturated heterocycles. The molecule has 0 spiro atoms. The van der Waals surface area contributed by atoms with Crippen molar-refractivity contribution in [3.8, 4) is 0 Å². The van der Waals surface area contributed by atoms with Gasteiger partial charge in [0.05, 0.1) is 6.42 Å². The van der Waals surface area contributed by atoms with Gasteiger partial charge in [-0.2, -0.15) is 0 Å². The standard InChI is InChI=1S/C19H21NO4/c20-17(19(22)24-14-16-9-5-2-6-10-16)11-12-18(21)23-13-15-7-3-1-4-8-15/h1-10,17H,11-14,20H2/p+1/t17-/m1/s1. The van der Waals surface area contributed by atoms with E-state index in [-0.39, 0.29) is 25.6 Å². The molecule has 3 N–H and O–H groups in total. The van der Waals surface area contributed by atoms with E-state index >= 15 is 0 Å². The van der Waals surface area contributed by atoms with E-state index in [4.69, 9.17) is 9.47 Å². The summed E-state index contributed by atoms with van der Waals surface area (Å²) in [6, 6.07) is 18.3. The highest BCUT2D eigenvalue weighted by Crippen LogP contribution is 2.05. The third-order valence-corrected chi connectivity index (χ3v) is 3.50. The molecule has 0 aliphatic carbocycles. The zero-order valence-electron chi connectivity index (χ0n) is 13.5. The zero-order chi connectivity index (χ0) is 17.2. The van der Waals surface area contributed by atoms with E-state index in [0.29, 0.717) is 6.42 Å². The summed E-state index contributed by atoms with van der Waals surface area (Å²) in [7, 11) is 0. The molecule has 2 rings (SSSR count). The summed E-state index contributed by atoms with van der Waals surface area (Å²) in [6.07, 6.45) is 0.447. The van der Waals surface area contributed by atoms with Gasteiger partial charge in [-0.15, -0.1) is 0 Å². The minimum absolute atomic E-state index is 0.140. The highest BCUT2D eigenvalue weighted by molar-refractivity contribution is 5.75. The van der Waals surface area contributed by atoms with Crippen molar-refractivity contribution in [2.24, 2.45) is 0 Å². The van der Waals surface area contributed by atoms with Crippen LogP contribution in [0.15, 0.2) is 60.7 Å². The largest absolute Gasteiger partial charge is 0.461 e. The average Bonchev–Trinajstić information content (AvgIpc) is 2.64. The van der Waals surface area contributed by atoms with Gasteiger partial charge in [0.1, 0.15) is 13.2 Å². The third-order valence-electron chi connectivity index (χ3n) is 3.50. The molecule has 5 heteroatoms. The molecule has 0 radical (unpaired) electrons. The maximum atomic E-state index is 11.9. The topological polar surface area (TPSA) is 80.2 Å². The molecular weight excluding hydrogens is 306 g/mol. The fraction of sp³-hybridized carbons (Fsp3) is 0.263. The van der Waals surface area contributed by atoms with Crippen molar-refractivity contribution in [2.45, 2.75) is 32.1 Å². The smallest absolute Gasteiger partial charge is 0.365 e. The minimum Gasteiger partial charge on any atom is -0.461 e. The van der Waals surface area contributed by atoms with Gasteiger partial charge >= 0.3 is 11.9 Å². The van der Waals surface area contributed by atoms with Gasteiger partial charge in [0.15, 0.2) is 6.04 Å². The zero-order valence-corrected chi connectivity index (χ0v) is 13.5. The summed E-state index contributed by atoms with van der Waals surface area (Å²) in [5, 5.41) is 0. The van der Waals surface area contributed by atoms with Crippen LogP contribution in [0.1, 0.15) is 24.0 Å². The van der Waals surface area contributed by atoms with Crippen molar-refractivity contribution in [1.82, 2.24) is 0 Å². The highest BCUT2D eigenvalue weighted by Gasteiger charge is 2.20. The van der Waals surface area contributed by atoms with Crippen LogP contribution in [0.3, 0.4) is 0 Å². The van der Waals surface area contributed by atoms with Gasteiger partial charge < -0.3 is 15.2 Å². The fourth-order valence-electron chi connectivity index (χ4n) is 2.07. The van der Waals surface area contributed by atoms with E-state index in [2.05, 4.69) is 5.73 Å². The van der Waals surface area contributed by atoms with E-state index in [1.807, 2.05) is 60.7 Å². The van der Waals surface area contributed by atoms with Gasteiger partial charge in [-0.05, 0) is 11.1 Å². The van der Waals surface area contributed by atoms with Crippen LogP contribution in [-0.2, 0) is 32.3 Å². The van der Waals surface area contributed by atoms with Crippen molar-refractivity contribution in [2.75, 3.05) is 0 Å². The van der Waals surface area contributed by atoms with Crippen LogP contribution in [0.5, 0.6) is 0 Å². The Morgan fingerprint density at radius 3 is 1.88 bits per heavy atom. The Bertz CT molecular complexity index is 643. The number of rotatable bonds is 8. The monoisotopic (exact) mass is 328 g/mol.